The van der Waals surface area contributed by atoms with Crippen molar-refractivity contribution in [2.45, 2.75) is 20.8 Å². The van der Waals surface area contributed by atoms with Gasteiger partial charge < -0.3 is 4.74 Å². The molecule has 134 valence electrons. The zero-order valence-electron chi connectivity index (χ0n) is 14.8. The summed E-state index contributed by atoms with van der Waals surface area (Å²) in [7, 11) is 0. The average molecular weight is 387 g/mol. The van der Waals surface area contributed by atoms with Crippen LogP contribution in [0.1, 0.15) is 16.0 Å². The number of ether oxygens (including phenoxy) is 1. The molecule has 1 N–H and O–H groups in total. The van der Waals surface area contributed by atoms with Crippen molar-refractivity contribution >= 4 is 34.0 Å². The first-order valence-corrected chi connectivity index (χ1v) is 9.35. The first-order chi connectivity index (χ1) is 12.4. The van der Waals surface area contributed by atoms with E-state index in [4.69, 9.17) is 16.3 Å². The Morgan fingerprint density at radius 2 is 1.85 bits per heavy atom. The van der Waals surface area contributed by atoms with Gasteiger partial charge in [0, 0.05) is 15.5 Å². The van der Waals surface area contributed by atoms with Crippen LogP contribution in [-0.2, 0) is 4.79 Å². The van der Waals surface area contributed by atoms with E-state index in [2.05, 4.69) is 10.3 Å². The largest absolute Gasteiger partial charge is 0.484 e. The topological polar surface area (TPSA) is 51.2 Å². The highest BCUT2D eigenvalue weighted by Crippen LogP contribution is 2.31. The zero-order valence-corrected chi connectivity index (χ0v) is 16.4. The molecular formula is C20H19ClN2O2S. The maximum Gasteiger partial charge on any atom is 0.264 e. The van der Waals surface area contributed by atoms with Crippen LogP contribution in [-0.4, -0.2) is 17.5 Å². The van der Waals surface area contributed by atoms with Crippen LogP contribution in [0.3, 0.4) is 0 Å². The van der Waals surface area contributed by atoms with Crippen LogP contribution in [0.15, 0.2) is 42.5 Å². The number of rotatable bonds is 5. The van der Waals surface area contributed by atoms with Crippen molar-refractivity contribution in [3.8, 4) is 17.0 Å². The van der Waals surface area contributed by atoms with Crippen LogP contribution in [0.2, 0.25) is 5.02 Å². The van der Waals surface area contributed by atoms with E-state index in [-0.39, 0.29) is 12.5 Å². The highest BCUT2D eigenvalue weighted by molar-refractivity contribution is 7.16. The predicted molar refractivity (Wildman–Crippen MR) is 107 cm³/mol. The maximum atomic E-state index is 12.2. The number of benzene rings is 2. The van der Waals surface area contributed by atoms with Gasteiger partial charge in [0.05, 0.1) is 5.69 Å². The molecule has 3 aromatic rings. The van der Waals surface area contributed by atoms with Gasteiger partial charge in [0.15, 0.2) is 11.7 Å². The van der Waals surface area contributed by atoms with E-state index in [1.54, 1.807) is 0 Å². The summed E-state index contributed by atoms with van der Waals surface area (Å²) in [6.07, 6.45) is 0. The van der Waals surface area contributed by atoms with E-state index in [0.717, 1.165) is 21.7 Å². The molecule has 0 bridgehead atoms. The summed E-state index contributed by atoms with van der Waals surface area (Å²) in [6, 6.07) is 13.2. The first-order valence-electron chi connectivity index (χ1n) is 8.15. The van der Waals surface area contributed by atoms with Gasteiger partial charge in [-0.2, -0.15) is 0 Å². The lowest BCUT2D eigenvalue weighted by atomic mass is 10.1. The highest BCUT2D eigenvalue weighted by atomic mass is 35.5. The fourth-order valence-corrected chi connectivity index (χ4v) is 3.41. The highest BCUT2D eigenvalue weighted by Gasteiger charge is 2.12. The number of hydrogen-bond donors (Lipinski definition) is 1. The number of nitrogens with zero attached hydrogens (tertiary/aromatic N) is 1. The fourth-order valence-electron chi connectivity index (χ4n) is 2.43. The fraction of sp³-hybridized carbons (Fsp3) is 0.200. The Hall–Kier alpha value is -2.37. The Labute approximate surface area is 161 Å². The molecule has 0 saturated carbocycles. The minimum Gasteiger partial charge on any atom is -0.484 e. The molecule has 2 aromatic carbocycles. The Kier molecular flexibility index (Phi) is 5.59. The number of nitrogens with one attached hydrogen (secondary N) is 1. The number of hydrogen-bond acceptors (Lipinski definition) is 4. The maximum absolute atomic E-state index is 12.2. The second-order valence-electron chi connectivity index (χ2n) is 6.01. The van der Waals surface area contributed by atoms with E-state index in [9.17, 15) is 4.79 Å². The van der Waals surface area contributed by atoms with Gasteiger partial charge in [0.2, 0.25) is 0 Å². The molecule has 0 aliphatic heterocycles. The molecule has 26 heavy (non-hydrogen) atoms. The smallest absolute Gasteiger partial charge is 0.264 e. The molecule has 1 aromatic heterocycles. The number of thiazole rings is 1. The van der Waals surface area contributed by atoms with Crippen LogP contribution in [0, 0.1) is 20.8 Å². The second kappa shape index (κ2) is 7.89. The van der Waals surface area contributed by atoms with E-state index in [0.29, 0.717) is 15.9 Å². The number of aryl methyl sites for hydroxylation is 3. The normalized spacial score (nSPS) is 10.6. The van der Waals surface area contributed by atoms with Crippen molar-refractivity contribution in [3.05, 3.63) is 63.5 Å². The van der Waals surface area contributed by atoms with Gasteiger partial charge in [-0.25, -0.2) is 4.98 Å². The molecule has 0 unspecified atom stereocenters. The van der Waals surface area contributed by atoms with Crippen molar-refractivity contribution in [2.24, 2.45) is 0 Å². The Bertz CT molecular complexity index is 935. The summed E-state index contributed by atoms with van der Waals surface area (Å²) < 4.78 is 5.56. The van der Waals surface area contributed by atoms with Crippen LogP contribution < -0.4 is 10.1 Å². The lowest BCUT2D eigenvalue weighted by molar-refractivity contribution is -0.118. The quantitative estimate of drug-likeness (QED) is 0.638. The monoisotopic (exact) mass is 386 g/mol. The van der Waals surface area contributed by atoms with E-state index >= 15 is 0 Å². The number of carbonyl (C=O) groups excluding carboxylic acids is 1. The minimum absolute atomic E-state index is 0.0581. The molecule has 0 saturated heterocycles. The molecule has 3 rings (SSSR count). The Morgan fingerprint density at radius 3 is 2.54 bits per heavy atom. The molecule has 6 heteroatoms. The van der Waals surface area contributed by atoms with E-state index in [1.165, 1.54) is 16.9 Å². The van der Waals surface area contributed by atoms with Crippen molar-refractivity contribution in [1.29, 1.82) is 0 Å². The van der Waals surface area contributed by atoms with Gasteiger partial charge in [-0.15, -0.1) is 11.3 Å². The molecular weight excluding hydrogens is 368 g/mol. The SMILES string of the molecule is Cc1ccc(OCC(=O)Nc2nc(-c3ccc(Cl)cc3)c(C)s2)cc1C. The average Bonchev–Trinajstić information content (AvgIpc) is 2.97. The molecule has 0 spiro atoms. The summed E-state index contributed by atoms with van der Waals surface area (Å²) in [5.41, 5.74) is 4.13. The molecule has 0 atom stereocenters. The van der Waals surface area contributed by atoms with Gasteiger partial charge in [-0.05, 0) is 56.2 Å². The number of anilines is 1. The molecule has 0 aliphatic rings. The summed E-state index contributed by atoms with van der Waals surface area (Å²) in [4.78, 5) is 17.7. The molecule has 4 nitrogen and oxygen atoms in total. The minimum atomic E-state index is -0.236. The van der Waals surface area contributed by atoms with Crippen molar-refractivity contribution in [2.75, 3.05) is 11.9 Å². The van der Waals surface area contributed by atoms with Gasteiger partial charge in [-0.1, -0.05) is 29.8 Å². The first kappa shape index (κ1) is 18.4. The van der Waals surface area contributed by atoms with E-state index in [1.807, 2.05) is 63.2 Å². The van der Waals surface area contributed by atoms with Crippen LogP contribution in [0.25, 0.3) is 11.3 Å². The van der Waals surface area contributed by atoms with Crippen LogP contribution in [0.5, 0.6) is 5.75 Å². The number of carbonyl (C=O) groups is 1. The van der Waals surface area contributed by atoms with Gasteiger partial charge >= 0.3 is 0 Å². The van der Waals surface area contributed by atoms with Crippen LogP contribution >= 0.6 is 22.9 Å². The van der Waals surface area contributed by atoms with Crippen LogP contribution in [0.4, 0.5) is 5.13 Å². The standard InChI is InChI=1S/C20H19ClN2O2S/c1-12-4-9-17(10-13(12)2)25-11-18(24)22-20-23-19(14(3)26-20)15-5-7-16(21)8-6-15/h4-10H,11H2,1-3H3,(H,22,23,24). The molecule has 1 amide bonds. The summed E-state index contributed by atoms with van der Waals surface area (Å²) in [6.45, 7) is 5.97. The predicted octanol–water partition coefficient (Wildman–Crippen LogP) is 5.41. The Morgan fingerprint density at radius 1 is 1.12 bits per heavy atom. The number of halogens is 1. The third-order valence-electron chi connectivity index (χ3n) is 4.01. The zero-order chi connectivity index (χ0) is 18.7. The molecule has 1 heterocycles. The summed E-state index contributed by atoms with van der Waals surface area (Å²) in [5, 5.41) is 4.03. The summed E-state index contributed by atoms with van der Waals surface area (Å²) in [5.74, 6) is 0.444. The van der Waals surface area contributed by atoms with Crippen molar-refractivity contribution in [1.82, 2.24) is 4.98 Å². The molecule has 0 radical (unpaired) electrons. The Balaban J connectivity index is 1.63. The third kappa shape index (κ3) is 4.42. The summed E-state index contributed by atoms with van der Waals surface area (Å²) >= 11 is 7.36. The molecule has 0 fully saturated rings. The third-order valence-corrected chi connectivity index (χ3v) is 5.15. The molecule has 0 aliphatic carbocycles. The van der Waals surface area contributed by atoms with Gasteiger partial charge in [-0.3, -0.25) is 10.1 Å². The number of aromatic nitrogens is 1. The van der Waals surface area contributed by atoms with E-state index < -0.39 is 0 Å². The number of amides is 1. The second-order valence-corrected chi connectivity index (χ2v) is 7.65. The van der Waals surface area contributed by atoms with Gasteiger partial charge in [0.1, 0.15) is 5.75 Å². The van der Waals surface area contributed by atoms with Crippen molar-refractivity contribution in [3.63, 3.8) is 0 Å². The van der Waals surface area contributed by atoms with Crippen molar-refractivity contribution < 1.29 is 9.53 Å². The van der Waals surface area contributed by atoms with Gasteiger partial charge in [0.25, 0.3) is 5.91 Å². The lowest BCUT2D eigenvalue weighted by Crippen LogP contribution is -2.20. The lowest BCUT2D eigenvalue weighted by Gasteiger charge is -2.07.